The molecule has 59 heavy (non-hydrogen) atoms. The predicted octanol–water partition coefficient (Wildman–Crippen LogP) is 12.8. The highest BCUT2D eigenvalue weighted by Gasteiger charge is 2.27. The molecule has 0 aliphatic rings. The van der Waals surface area contributed by atoms with Crippen LogP contribution in [0.1, 0.15) is 5.56 Å². The Labute approximate surface area is 337 Å². The molecule has 7 heteroatoms. The van der Waals surface area contributed by atoms with Gasteiger partial charge in [0.15, 0.2) is 17.5 Å². The molecule has 0 aliphatic carbocycles. The van der Waals surface area contributed by atoms with Crippen molar-refractivity contribution in [3.8, 4) is 51.6 Å². The van der Waals surface area contributed by atoms with Crippen LogP contribution in [0.2, 0.25) is 0 Å². The summed E-state index contributed by atoms with van der Waals surface area (Å²) < 4.78 is 11.7. The quantitative estimate of drug-likeness (QED) is 0.175. The highest BCUT2D eigenvalue weighted by Crippen LogP contribution is 2.49. The van der Waals surface area contributed by atoms with Crippen LogP contribution in [-0.2, 0) is 0 Å². The summed E-state index contributed by atoms with van der Waals surface area (Å²) in [4.78, 5) is 14.9. The van der Waals surface area contributed by atoms with E-state index in [4.69, 9.17) is 19.4 Å². The Morgan fingerprint density at radius 2 is 0.864 bits per heavy atom. The Morgan fingerprint density at radius 3 is 1.47 bits per heavy atom. The van der Waals surface area contributed by atoms with Crippen LogP contribution >= 0.6 is 0 Å². The smallest absolute Gasteiger partial charge is 0.164 e. The van der Waals surface area contributed by atoms with E-state index in [1.165, 1.54) is 5.39 Å². The molecule has 0 saturated heterocycles. The lowest BCUT2D eigenvalue weighted by molar-refractivity contribution is 0.673. The third-order valence-electron chi connectivity index (χ3n) is 11.4. The number of rotatable bonds is 5. The molecule has 0 spiro atoms. The van der Waals surface area contributed by atoms with Crippen molar-refractivity contribution in [1.82, 2.24) is 24.1 Å². The molecule has 12 rings (SSSR count). The van der Waals surface area contributed by atoms with Crippen LogP contribution in [0.3, 0.4) is 0 Å². The maximum atomic E-state index is 9.42. The molecule has 4 aromatic heterocycles. The lowest BCUT2D eigenvalue weighted by atomic mass is 10.0. The van der Waals surface area contributed by atoms with Gasteiger partial charge in [-0.1, -0.05) is 103 Å². The van der Waals surface area contributed by atoms with Gasteiger partial charge in [0.1, 0.15) is 11.2 Å². The highest BCUT2D eigenvalue weighted by molar-refractivity contribution is 6.39. The van der Waals surface area contributed by atoms with Gasteiger partial charge in [-0.25, -0.2) is 15.0 Å². The minimum Gasteiger partial charge on any atom is -0.455 e. The molecule has 4 heterocycles. The second kappa shape index (κ2) is 12.8. The lowest BCUT2D eigenvalue weighted by Crippen LogP contribution is -2.01. The molecule has 0 amide bonds. The zero-order chi connectivity index (χ0) is 39.0. The van der Waals surface area contributed by atoms with E-state index in [2.05, 4.69) is 137 Å². The topological polar surface area (TPSA) is 85.5 Å². The zero-order valence-corrected chi connectivity index (χ0v) is 31.4. The van der Waals surface area contributed by atoms with E-state index in [0.29, 0.717) is 23.0 Å². The molecular formula is C52H30N6O. The number of nitrogens with zero attached hydrogens (tertiary/aromatic N) is 6. The van der Waals surface area contributed by atoms with Crippen LogP contribution < -0.4 is 0 Å². The van der Waals surface area contributed by atoms with Crippen molar-refractivity contribution in [2.24, 2.45) is 0 Å². The Kier molecular flexibility index (Phi) is 7.16. The number of nitriles is 1. The third-order valence-corrected chi connectivity index (χ3v) is 11.4. The average Bonchev–Trinajstić information content (AvgIpc) is 3.98. The fraction of sp³-hybridized carbons (Fsp3) is 0. The summed E-state index contributed by atoms with van der Waals surface area (Å²) in [6.45, 7) is 0. The fourth-order valence-electron chi connectivity index (χ4n) is 8.80. The Morgan fingerprint density at radius 1 is 0.407 bits per heavy atom. The van der Waals surface area contributed by atoms with Gasteiger partial charge >= 0.3 is 0 Å². The second-order valence-electron chi connectivity index (χ2n) is 14.7. The summed E-state index contributed by atoms with van der Waals surface area (Å²) in [5.41, 5.74) is 11.3. The van der Waals surface area contributed by atoms with Crippen molar-refractivity contribution in [2.75, 3.05) is 0 Å². The first-order valence-electron chi connectivity index (χ1n) is 19.5. The summed E-state index contributed by atoms with van der Waals surface area (Å²) in [6, 6.07) is 64.3. The first kappa shape index (κ1) is 32.9. The summed E-state index contributed by atoms with van der Waals surface area (Å²) in [5, 5.41) is 16.1. The van der Waals surface area contributed by atoms with Gasteiger partial charge < -0.3 is 13.6 Å². The van der Waals surface area contributed by atoms with Crippen LogP contribution in [0.15, 0.2) is 186 Å². The van der Waals surface area contributed by atoms with Crippen molar-refractivity contribution in [1.29, 1.82) is 5.26 Å². The maximum absolute atomic E-state index is 9.42. The van der Waals surface area contributed by atoms with E-state index in [9.17, 15) is 5.26 Å². The first-order valence-corrected chi connectivity index (χ1v) is 19.5. The molecule has 0 bridgehead atoms. The van der Waals surface area contributed by atoms with Gasteiger partial charge in [-0.2, -0.15) is 5.26 Å². The Balaban J connectivity index is 1.15. The Hall–Kier alpha value is -8.34. The summed E-state index contributed by atoms with van der Waals surface area (Å²) >= 11 is 0. The van der Waals surface area contributed by atoms with Gasteiger partial charge in [0, 0.05) is 55.0 Å². The van der Waals surface area contributed by atoms with Gasteiger partial charge in [0.25, 0.3) is 0 Å². The molecule has 0 fully saturated rings. The average molecular weight is 755 g/mol. The van der Waals surface area contributed by atoms with Gasteiger partial charge in [-0.05, 0) is 78.9 Å². The molecule has 0 radical (unpaired) electrons. The summed E-state index contributed by atoms with van der Waals surface area (Å²) in [7, 11) is 0. The van der Waals surface area contributed by atoms with E-state index in [-0.39, 0.29) is 0 Å². The predicted molar refractivity (Wildman–Crippen MR) is 237 cm³/mol. The van der Waals surface area contributed by atoms with Crippen molar-refractivity contribution < 1.29 is 4.42 Å². The van der Waals surface area contributed by atoms with E-state index in [1.54, 1.807) is 12.1 Å². The maximum Gasteiger partial charge on any atom is 0.164 e. The van der Waals surface area contributed by atoms with Gasteiger partial charge in [-0.15, -0.1) is 0 Å². The number of para-hydroxylation sites is 4. The van der Waals surface area contributed by atoms with E-state index < -0.39 is 0 Å². The van der Waals surface area contributed by atoms with E-state index in [0.717, 1.165) is 88.2 Å². The number of furan rings is 1. The van der Waals surface area contributed by atoms with E-state index >= 15 is 0 Å². The number of hydrogen-bond acceptors (Lipinski definition) is 5. The standard InChI is InChI=1S/C52H30N6O/c53-31-32-23-25-34(26-24-32)51-54-50(33-13-3-1-4-14-33)55-52(56-51)35-27-29-37(30-28-35)58-42-21-11-8-18-39(42)46-48(58)47-44(45-40-19-9-12-22-43(40)59-49(45)46)38-17-7-10-20-41(38)57(47)36-15-5-2-6-16-36/h1-30H. The highest BCUT2D eigenvalue weighted by atomic mass is 16.3. The zero-order valence-electron chi connectivity index (χ0n) is 31.4. The molecule has 0 unspecified atom stereocenters. The van der Waals surface area contributed by atoms with Crippen LogP contribution in [0.5, 0.6) is 0 Å². The van der Waals surface area contributed by atoms with Gasteiger partial charge in [-0.3, -0.25) is 0 Å². The lowest BCUT2D eigenvalue weighted by Gasteiger charge is -2.13. The number of fused-ring (bicyclic) bond motifs is 12. The molecule has 0 aliphatic heterocycles. The normalized spacial score (nSPS) is 11.7. The van der Waals surface area contributed by atoms with Crippen molar-refractivity contribution >= 4 is 65.6 Å². The summed E-state index contributed by atoms with van der Waals surface area (Å²) in [6.07, 6.45) is 0. The molecule has 8 aromatic carbocycles. The van der Waals surface area contributed by atoms with Crippen LogP contribution in [0.25, 0.3) is 111 Å². The third kappa shape index (κ3) is 4.97. The minimum atomic E-state index is 0.538. The number of aromatic nitrogens is 5. The monoisotopic (exact) mass is 754 g/mol. The molecule has 0 saturated carbocycles. The molecule has 0 atom stereocenters. The summed E-state index contributed by atoms with van der Waals surface area (Å²) in [5.74, 6) is 1.67. The van der Waals surface area contributed by atoms with Crippen molar-refractivity contribution in [2.45, 2.75) is 0 Å². The molecule has 274 valence electrons. The molecule has 0 N–H and O–H groups in total. The Bertz CT molecular complexity index is 3650. The van der Waals surface area contributed by atoms with E-state index in [1.807, 2.05) is 48.5 Å². The van der Waals surface area contributed by atoms with Crippen LogP contribution in [0, 0.1) is 11.3 Å². The fourth-order valence-corrected chi connectivity index (χ4v) is 8.80. The molecular weight excluding hydrogens is 725 g/mol. The minimum absolute atomic E-state index is 0.538. The molecule has 12 aromatic rings. The SMILES string of the molecule is N#Cc1ccc(-c2nc(-c3ccccc3)nc(-c3ccc(-n4c5ccccc5c5c6oc7ccccc7c6c6c7ccccc7n(-c7ccccc7)c6c54)cc3)n2)cc1. The van der Waals surface area contributed by atoms with Gasteiger partial charge in [0.05, 0.1) is 39.1 Å². The van der Waals surface area contributed by atoms with Crippen molar-refractivity contribution in [3.63, 3.8) is 0 Å². The van der Waals surface area contributed by atoms with Crippen molar-refractivity contribution in [3.05, 3.63) is 188 Å². The first-order chi connectivity index (χ1) is 29.2. The number of hydrogen-bond donors (Lipinski definition) is 0. The molecule has 7 nitrogen and oxygen atoms in total. The number of benzene rings is 8. The van der Waals surface area contributed by atoms with Gasteiger partial charge in [0.2, 0.25) is 0 Å². The second-order valence-corrected chi connectivity index (χ2v) is 14.7. The van der Waals surface area contributed by atoms with Crippen LogP contribution in [-0.4, -0.2) is 24.1 Å². The van der Waals surface area contributed by atoms with Crippen LogP contribution in [0.4, 0.5) is 0 Å². The largest absolute Gasteiger partial charge is 0.455 e.